The van der Waals surface area contributed by atoms with E-state index in [0.29, 0.717) is 25.7 Å². The fourth-order valence-electron chi connectivity index (χ4n) is 3.01. The van der Waals surface area contributed by atoms with Gasteiger partial charge in [0.15, 0.2) is 10.9 Å². The van der Waals surface area contributed by atoms with Gasteiger partial charge in [-0.2, -0.15) is 0 Å². The average Bonchev–Trinajstić information content (AvgIpc) is 3.09. The van der Waals surface area contributed by atoms with Crippen LogP contribution in [0.15, 0.2) is 77.7 Å². The van der Waals surface area contributed by atoms with Crippen LogP contribution in [-0.4, -0.2) is 22.7 Å². The third-order valence-corrected chi connectivity index (χ3v) is 6.70. The lowest BCUT2D eigenvalue weighted by molar-refractivity contribution is -0.118. The van der Waals surface area contributed by atoms with Gasteiger partial charge >= 0.3 is 0 Å². The monoisotopic (exact) mass is 514 g/mol. The molecule has 1 N–H and O–H groups in total. The number of hydrogen-bond acceptors (Lipinski definition) is 5. The minimum absolute atomic E-state index is 0.159. The summed E-state index contributed by atoms with van der Waals surface area (Å²) in [4.78, 5) is 27.0. The molecule has 1 aliphatic heterocycles. The molecule has 3 aromatic carbocycles. The molecule has 0 saturated carbocycles. The predicted molar refractivity (Wildman–Crippen MR) is 139 cm³/mol. The number of amides is 2. The molecule has 2 amide bonds. The third-order valence-electron chi connectivity index (χ3n) is 4.58. The van der Waals surface area contributed by atoms with Crippen molar-refractivity contribution in [1.82, 2.24) is 0 Å². The minimum Gasteiger partial charge on any atom is -0.484 e. The van der Waals surface area contributed by atoms with E-state index < -0.39 is 0 Å². The number of thiocarbonyl (C=S) groups is 1. The summed E-state index contributed by atoms with van der Waals surface area (Å²) < 4.78 is 6.03. The molecule has 0 spiro atoms. The van der Waals surface area contributed by atoms with Crippen LogP contribution >= 0.6 is 47.2 Å². The van der Waals surface area contributed by atoms with Gasteiger partial charge in [-0.05, 0) is 48.0 Å². The number of thioether (sulfide) groups is 1. The molecule has 4 rings (SSSR count). The number of hydrogen-bond donors (Lipinski definition) is 1. The Kier molecular flexibility index (Phi) is 7.35. The Bertz CT molecular complexity index is 1250. The molecule has 33 heavy (non-hydrogen) atoms. The minimum atomic E-state index is -0.368. The quantitative estimate of drug-likeness (QED) is 0.304. The molecule has 0 radical (unpaired) electrons. The Balaban J connectivity index is 1.37. The average molecular weight is 515 g/mol. The van der Waals surface area contributed by atoms with Crippen LogP contribution in [0.25, 0.3) is 6.08 Å². The number of rotatable bonds is 6. The van der Waals surface area contributed by atoms with Crippen molar-refractivity contribution >= 4 is 80.8 Å². The number of ether oxygens (including phenoxy) is 1. The number of carbonyl (C=O) groups excluding carboxylic acids is 2. The van der Waals surface area contributed by atoms with Crippen molar-refractivity contribution < 1.29 is 14.3 Å². The van der Waals surface area contributed by atoms with E-state index in [2.05, 4.69) is 5.32 Å². The van der Waals surface area contributed by atoms with Gasteiger partial charge in [-0.3, -0.25) is 14.5 Å². The fourth-order valence-corrected chi connectivity index (χ4v) is 4.66. The highest BCUT2D eigenvalue weighted by atomic mass is 35.5. The molecule has 0 aliphatic carbocycles. The van der Waals surface area contributed by atoms with Crippen LogP contribution in [0.5, 0.6) is 5.75 Å². The van der Waals surface area contributed by atoms with Crippen molar-refractivity contribution in [1.29, 1.82) is 0 Å². The van der Waals surface area contributed by atoms with Gasteiger partial charge in [-0.15, -0.1) is 0 Å². The van der Waals surface area contributed by atoms with Gasteiger partial charge in [0, 0.05) is 0 Å². The second-order valence-corrected chi connectivity index (χ2v) is 9.32. The molecule has 1 fully saturated rings. The van der Waals surface area contributed by atoms with Crippen LogP contribution in [-0.2, 0) is 9.59 Å². The van der Waals surface area contributed by atoms with E-state index in [4.69, 9.17) is 40.2 Å². The van der Waals surface area contributed by atoms with Crippen molar-refractivity contribution in [3.05, 3.63) is 93.3 Å². The lowest BCUT2D eigenvalue weighted by Gasteiger charge is -2.13. The number of carbonyl (C=O) groups is 2. The summed E-state index contributed by atoms with van der Waals surface area (Å²) in [5.74, 6) is -0.0166. The molecule has 1 saturated heterocycles. The second-order valence-electron chi connectivity index (χ2n) is 6.86. The molecule has 1 heterocycles. The van der Waals surface area contributed by atoms with Gasteiger partial charge in [-0.1, -0.05) is 83.6 Å². The highest BCUT2D eigenvalue weighted by molar-refractivity contribution is 8.27. The molecular formula is C24H16Cl2N2O3S2. The normalized spacial score (nSPS) is 14.6. The second kappa shape index (κ2) is 10.4. The third kappa shape index (κ3) is 5.57. The zero-order chi connectivity index (χ0) is 23.4. The zero-order valence-electron chi connectivity index (χ0n) is 17.0. The summed E-state index contributed by atoms with van der Waals surface area (Å²) in [6.45, 7) is -0.197. The molecule has 0 bridgehead atoms. The van der Waals surface area contributed by atoms with Crippen LogP contribution in [0, 0.1) is 0 Å². The smallest absolute Gasteiger partial charge is 0.270 e. The van der Waals surface area contributed by atoms with Gasteiger partial charge in [0.2, 0.25) is 0 Å². The Morgan fingerprint density at radius 1 is 1.03 bits per heavy atom. The van der Waals surface area contributed by atoms with E-state index >= 15 is 0 Å². The summed E-state index contributed by atoms with van der Waals surface area (Å²) in [7, 11) is 0. The Labute approximate surface area is 210 Å². The highest BCUT2D eigenvalue weighted by Gasteiger charge is 2.33. The van der Waals surface area contributed by atoms with Crippen molar-refractivity contribution in [2.75, 3.05) is 16.8 Å². The van der Waals surface area contributed by atoms with Crippen molar-refractivity contribution in [2.24, 2.45) is 0 Å². The topological polar surface area (TPSA) is 58.6 Å². The van der Waals surface area contributed by atoms with E-state index in [1.54, 1.807) is 48.5 Å². The van der Waals surface area contributed by atoms with Gasteiger partial charge in [0.05, 0.1) is 26.3 Å². The van der Waals surface area contributed by atoms with Crippen LogP contribution in [0.4, 0.5) is 11.4 Å². The van der Waals surface area contributed by atoms with Crippen molar-refractivity contribution in [3.8, 4) is 5.75 Å². The van der Waals surface area contributed by atoms with Crippen molar-refractivity contribution in [2.45, 2.75) is 0 Å². The highest BCUT2D eigenvalue weighted by Crippen LogP contribution is 2.36. The summed E-state index contributed by atoms with van der Waals surface area (Å²) in [6.07, 6.45) is 1.78. The first kappa shape index (κ1) is 23.3. The SMILES string of the molecule is O=C(COc1ccc(/C=C2\SC(=S)N(c3ccccc3)C2=O)cc1)Nc1cccc(Cl)c1Cl. The summed E-state index contributed by atoms with van der Waals surface area (Å²) in [5.41, 5.74) is 1.97. The lowest BCUT2D eigenvalue weighted by atomic mass is 10.2. The van der Waals surface area contributed by atoms with Crippen LogP contribution in [0.1, 0.15) is 5.56 Å². The first-order valence-electron chi connectivity index (χ1n) is 9.72. The van der Waals surface area contributed by atoms with Gasteiger partial charge in [0.1, 0.15) is 5.75 Å². The number of nitrogens with one attached hydrogen (secondary N) is 1. The van der Waals surface area contributed by atoms with E-state index in [0.717, 1.165) is 11.3 Å². The summed E-state index contributed by atoms with van der Waals surface area (Å²) >= 11 is 18.7. The van der Waals surface area contributed by atoms with Crippen LogP contribution in [0.2, 0.25) is 10.0 Å². The maximum Gasteiger partial charge on any atom is 0.270 e. The van der Waals surface area contributed by atoms with Gasteiger partial charge in [0.25, 0.3) is 11.8 Å². The first-order chi connectivity index (χ1) is 15.9. The standard InChI is InChI=1S/C24H16Cl2N2O3S2/c25-18-7-4-8-19(22(18)26)27-21(29)14-31-17-11-9-15(10-12-17)13-20-23(30)28(24(32)33-20)16-5-2-1-3-6-16/h1-13H,14H2,(H,27,29)/b20-13-. The van der Waals surface area contributed by atoms with E-state index in [9.17, 15) is 9.59 Å². The molecule has 0 unspecified atom stereocenters. The van der Waals surface area contributed by atoms with Crippen LogP contribution < -0.4 is 15.0 Å². The van der Waals surface area contributed by atoms with Crippen molar-refractivity contribution in [3.63, 3.8) is 0 Å². The van der Waals surface area contributed by atoms with E-state index in [1.807, 2.05) is 30.3 Å². The molecular weight excluding hydrogens is 499 g/mol. The molecule has 0 atom stereocenters. The predicted octanol–water partition coefficient (Wildman–Crippen LogP) is 6.42. The van der Waals surface area contributed by atoms with E-state index in [1.165, 1.54) is 16.7 Å². The fraction of sp³-hybridized carbons (Fsp3) is 0.0417. The van der Waals surface area contributed by atoms with Gasteiger partial charge in [-0.25, -0.2) is 0 Å². The zero-order valence-corrected chi connectivity index (χ0v) is 20.1. The maximum absolute atomic E-state index is 12.8. The number of benzene rings is 3. The molecule has 1 aliphatic rings. The Morgan fingerprint density at radius 3 is 2.48 bits per heavy atom. The summed E-state index contributed by atoms with van der Waals surface area (Å²) in [5, 5.41) is 3.29. The number of nitrogens with zero attached hydrogens (tertiary/aromatic N) is 1. The molecule has 166 valence electrons. The molecule has 9 heteroatoms. The molecule has 5 nitrogen and oxygen atoms in total. The summed E-state index contributed by atoms with van der Waals surface area (Å²) in [6, 6.07) is 21.3. The largest absolute Gasteiger partial charge is 0.484 e. The Hall–Kier alpha value is -2.84. The van der Waals surface area contributed by atoms with Gasteiger partial charge < -0.3 is 10.1 Å². The first-order valence-corrected chi connectivity index (χ1v) is 11.7. The maximum atomic E-state index is 12.8. The Morgan fingerprint density at radius 2 is 1.76 bits per heavy atom. The molecule has 3 aromatic rings. The lowest BCUT2D eigenvalue weighted by Crippen LogP contribution is -2.27. The number of halogens is 2. The number of anilines is 2. The molecule has 0 aromatic heterocycles. The van der Waals surface area contributed by atoms with Crippen LogP contribution in [0.3, 0.4) is 0 Å². The number of para-hydroxylation sites is 1. The van der Waals surface area contributed by atoms with E-state index in [-0.39, 0.29) is 23.4 Å².